The molecular weight excluding hydrogens is 363 g/mol. The first-order valence-corrected chi connectivity index (χ1v) is 8.42. The van der Waals surface area contributed by atoms with E-state index < -0.39 is 11.7 Å². The lowest BCUT2D eigenvalue weighted by Gasteiger charge is -2.13. The van der Waals surface area contributed by atoms with Gasteiger partial charge >= 0.3 is 6.18 Å². The second-order valence-electron chi connectivity index (χ2n) is 5.95. The highest BCUT2D eigenvalue weighted by atomic mass is 35.5. The van der Waals surface area contributed by atoms with Gasteiger partial charge in [0, 0.05) is 23.8 Å². The molecule has 0 saturated heterocycles. The van der Waals surface area contributed by atoms with Crippen molar-refractivity contribution in [1.82, 2.24) is 15.1 Å². The minimum atomic E-state index is -4.34. The Hall–Kier alpha value is -2.31. The fourth-order valence-corrected chi connectivity index (χ4v) is 2.75. The zero-order valence-corrected chi connectivity index (χ0v) is 14.7. The molecule has 136 valence electrons. The molecule has 1 aromatic heterocycles. The number of hydrogen-bond acceptors (Lipinski definition) is 2. The van der Waals surface area contributed by atoms with Gasteiger partial charge in [-0.05, 0) is 55.0 Å². The normalized spacial score (nSPS) is 13.0. The third kappa shape index (κ3) is 4.45. The lowest BCUT2D eigenvalue weighted by Crippen LogP contribution is -2.18. The number of nitrogens with zero attached hydrogens (tertiary/aromatic N) is 2. The Balaban J connectivity index is 1.64. The van der Waals surface area contributed by atoms with Crippen molar-refractivity contribution in [2.24, 2.45) is 0 Å². The monoisotopic (exact) mass is 379 g/mol. The Labute approximate surface area is 154 Å². The van der Waals surface area contributed by atoms with Crippen LogP contribution in [0.25, 0.3) is 5.69 Å². The summed E-state index contributed by atoms with van der Waals surface area (Å²) in [5.74, 6) is 0. The maximum Gasteiger partial charge on any atom is 0.416 e. The van der Waals surface area contributed by atoms with Crippen LogP contribution in [0.3, 0.4) is 0 Å². The summed E-state index contributed by atoms with van der Waals surface area (Å²) in [5, 5.41) is 8.44. The fraction of sp³-hybridized carbons (Fsp3) is 0.211. The Bertz CT molecular complexity index is 872. The van der Waals surface area contributed by atoms with Crippen LogP contribution in [0, 0.1) is 0 Å². The Kier molecular flexibility index (Phi) is 5.34. The van der Waals surface area contributed by atoms with E-state index >= 15 is 0 Å². The molecule has 0 spiro atoms. The van der Waals surface area contributed by atoms with Crippen LogP contribution in [0.4, 0.5) is 13.2 Å². The topological polar surface area (TPSA) is 29.9 Å². The van der Waals surface area contributed by atoms with E-state index in [1.165, 1.54) is 12.1 Å². The maximum absolute atomic E-state index is 12.6. The van der Waals surface area contributed by atoms with Crippen molar-refractivity contribution in [1.29, 1.82) is 0 Å². The quantitative estimate of drug-likeness (QED) is 0.643. The molecule has 1 heterocycles. The van der Waals surface area contributed by atoms with Gasteiger partial charge in [0.05, 0.1) is 16.9 Å². The van der Waals surface area contributed by atoms with E-state index in [1.807, 2.05) is 37.3 Å². The summed E-state index contributed by atoms with van der Waals surface area (Å²) < 4.78 is 39.4. The van der Waals surface area contributed by atoms with Gasteiger partial charge in [-0.15, -0.1) is 0 Å². The Morgan fingerprint density at radius 3 is 2.50 bits per heavy atom. The van der Waals surface area contributed by atoms with Crippen LogP contribution in [-0.4, -0.2) is 9.78 Å². The van der Waals surface area contributed by atoms with Crippen molar-refractivity contribution in [2.75, 3.05) is 0 Å². The van der Waals surface area contributed by atoms with Crippen LogP contribution in [0.15, 0.2) is 60.8 Å². The van der Waals surface area contributed by atoms with Gasteiger partial charge in [-0.25, -0.2) is 4.68 Å². The van der Waals surface area contributed by atoms with Gasteiger partial charge in [-0.2, -0.15) is 18.3 Å². The third-order valence-corrected chi connectivity index (χ3v) is 4.28. The summed E-state index contributed by atoms with van der Waals surface area (Å²) in [7, 11) is 0. The van der Waals surface area contributed by atoms with Gasteiger partial charge in [0.25, 0.3) is 0 Å². The lowest BCUT2D eigenvalue weighted by molar-refractivity contribution is -0.137. The predicted molar refractivity (Wildman–Crippen MR) is 95.3 cm³/mol. The predicted octanol–water partition coefficient (Wildman–Crippen LogP) is 5.40. The molecule has 2 aromatic carbocycles. The van der Waals surface area contributed by atoms with Crippen molar-refractivity contribution in [2.45, 2.75) is 25.7 Å². The van der Waals surface area contributed by atoms with E-state index in [-0.39, 0.29) is 6.04 Å². The molecule has 3 nitrogen and oxygen atoms in total. The average molecular weight is 380 g/mol. The van der Waals surface area contributed by atoms with Crippen molar-refractivity contribution in [3.05, 3.63) is 82.6 Å². The van der Waals surface area contributed by atoms with Gasteiger partial charge in [-0.1, -0.05) is 23.7 Å². The third-order valence-electron chi connectivity index (χ3n) is 4.04. The molecule has 3 rings (SSSR count). The maximum atomic E-state index is 12.6. The molecule has 26 heavy (non-hydrogen) atoms. The number of aromatic nitrogens is 2. The molecule has 1 atom stereocenters. The number of nitrogens with one attached hydrogen (secondary N) is 1. The van der Waals surface area contributed by atoms with E-state index in [9.17, 15) is 13.2 Å². The van der Waals surface area contributed by atoms with Gasteiger partial charge in [0.15, 0.2) is 0 Å². The second-order valence-corrected chi connectivity index (χ2v) is 6.39. The first kappa shape index (κ1) is 18.5. The summed E-state index contributed by atoms with van der Waals surface area (Å²) >= 11 is 6.00. The zero-order chi connectivity index (χ0) is 18.7. The fourth-order valence-electron chi connectivity index (χ4n) is 2.55. The van der Waals surface area contributed by atoms with Crippen LogP contribution in [0.2, 0.25) is 5.02 Å². The largest absolute Gasteiger partial charge is 0.416 e. The molecule has 7 heteroatoms. The van der Waals surface area contributed by atoms with E-state index in [0.29, 0.717) is 17.3 Å². The number of rotatable bonds is 5. The van der Waals surface area contributed by atoms with Gasteiger partial charge < -0.3 is 5.32 Å². The molecule has 0 aliphatic carbocycles. The van der Waals surface area contributed by atoms with Crippen LogP contribution in [0.1, 0.15) is 29.8 Å². The minimum Gasteiger partial charge on any atom is -0.304 e. The number of halogens is 4. The summed E-state index contributed by atoms with van der Waals surface area (Å²) in [6.45, 7) is 2.56. The summed E-state index contributed by atoms with van der Waals surface area (Å²) in [4.78, 5) is 0. The standard InChI is InChI=1S/C19H17ClF3N3/c1-13(14-3-2-4-16(20)11-14)24-12-17-9-10-26(25-17)18-7-5-15(6-8-18)19(21,22)23/h2-11,13,24H,12H2,1H3/t13-/m1/s1. The summed E-state index contributed by atoms with van der Waals surface area (Å²) in [6.07, 6.45) is -2.61. The SMILES string of the molecule is C[C@@H](NCc1ccn(-c2ccc(C(F)(F)F)cc2)n1)c1cccc(Cl)c1. The van der Waals surface area contributed by atoms with Crippen LogP contribution in [-0.2, 0) is 12.7 Å². The average Bonchev–Trinajstić information content (AvgIpc) is 3.08. The van der Waals surface area contributed by atoms with Crippen molar-refractivity contribution >= 4 is 11.6 Å². The number of alkyl halides is 3. The van der Waals surface area contributed by atoms with Gasteiger partial charge in [0.1, 0.15) is 0 Å². The van der Waals surface area contributed by atoms with Crippen LogP contribution in [0.5, 0.6) is 0 Å². The molecule has 1 N–H and O–H groups in total. The summed E-state index contributed by atoms with van der Waals surface area (Å²) in [5.41, 5.74) is 1.76. The Morgan fingerprint density at radius 1 is 1.12 bits per heavy atom. The molecule has 0 unspecified atom stereocenters. The van der Waals surface area contributed by atoms with Crippen LogP contribution >= 0.6 is 11.6 Å². The van der Waals surface area contributed by atoms with E-state index in [2.05, 4.69) is 10.4 Å². The molecule has 0 fully saturated rings. The van der Waals surface area contributed by atoms with Gasteiger partial charge in [0.2, 0.25) is 0 Å². The van der Waals surface area contributed by atoms with Crippen molar-refractivity contribution in [3.8, 4) is 5.69 Å². The van der Waals surface area contributed by atoms with E-state index in [0.717, 1.165) is 23.4 Å². The zero-order valence-electron chi connectivity index (χ0n) is 14.0. The minimum absolute atomic E-state index is 0.0879. The first-order chi connectivity index (χ1) is 12.3. The highest BCUT2D eigenvalue weighted by Crippen LogP contribution is 2.29. The lowest BCUT2D eigenvalue weighted by atomic mass is 10.1. The van der Waals surface area contributed by atoms with Crippen molar-refractivity contribution < 1.29 is 13.2 Å². The van der Waals surface area contributed by atoms with Gasteiger partial charge in [-0.3, -0.25) is 0 Å². The molecule has 0 saturated carbocycles. The molecule has 0 aliphatic heterocycles. The molecular formula is C19H17ClF3N3. The first-order valence-electron chi connectivity index (χ1n) is 8.04. The smallest absolute Gasteiger partial charge is 0.304 e. The molecule has 0 aliphatic rings. The molecule has 3 aromatic rings. The van der Waals surface area contributed by atoms with Crippen LogP contribution < -0.4 is 5.32 Å². The number of hydrogen-bond donors (Lipinski definition) is 1. The highest BCUT2D eigenvalue weighted by Gasteiger charge is 2.30. The number of benzene rings is 2. The van der Waals surface area contributed by atoms with Crippen molar-refractivity contribution in [3.63, 3.8) is 0 Å². The van der Waals surface area contributed by atoms with E-state index in [4.69, 9.17) is 11.6 Å². The highest BCUT2D eigenvalue weighted by molar-refractivity contribution is 6.30. The second kappa shape index (κ2) is 7.51. The molecule has 0 radical (unpaired) electrons. The molecule has 0 bridgehead atoms. The van der Waals surface area contributed by atoms with E-state index in [1.54, 1.807) is 10.9 Å². The molecule has 0 amide bonds. The summed E-state index contributed by atoms with van der Waals surface area (Å²) in [6, 6.07) is 14.4. The Morgan fingerprint density at radius 2 is 1.85 bits per heavy atom.